The molecule has 1 N–H and O–H groups in total. The maximum Gasteiger partial charge on any atom is 0.224 e. The van der Waals surface area contributed by atoms with Crippen molar-refractivity contribution < 1.29 is 14.3 Å². The number of amides is 1. The van der Waals surface area contributed by atoms with Gasteiger partial charge in [0.1, 0.15) is 11.5 Å². The summed E-state index contributed by atoms with van der Waals surface area (Å²) in [7, 11) is 5.06. The van der Waals surface area contributed by atoms with Crippen molar-refractivity contribution in [2.24, 2.45) is 7.05 Å². The molecule has 0 aliphatic heterocycles. The first kappa shape index (κ1) is 16.9. The molecule has 124 valence electrons. The average molecular weight is 317 g/mol. The maximum absolute atomic E-state index is 12.2. The zero-order valence-corrected chi connectivity index (χ0v) is 14.3. The number of carbonyl (C=O) groups is 1. The number of carbonyl (C=O) groups excluding carboxylic acids is 1. The lowest BCUT2D eigenvalue weighted by atomic mass is 10.1. The van der Waals surface area contributed by atoms with Gasteiger partial charge >= 0.3 is 0 Å². The van der Waals surface area contributed by atoms with Gasteiger partial charge in [-0.25, -0.2) is 0 Å². The van der Waals surface area contributed by atoms with Crippen molar-refractivity contribution >= 4 is 11.6 Å². The smallest absolute Gasteiger partial charge is 0.224 e. The van der Waals surface area contributed by atoms with E-state index in [9.17, 15) is 4.79 Å². The molecule has 1 aromatic heterocycles. The van der Waals surface area contributed by atoms with Crippen LogP contribution in [0.3, 0.4) is 0 Å². The number of ether oxygens (including phenoxy) is 2. The Bertz CT molecular complexity index is 707. The molecule has 0 atom stereocenters. The number of methoxy groups -OCH3 is 2. The Morgan fingerprint density at radius 2 is 2.00 bits per heavy atom. The Kier molecular flexibility index (Phi) is 5.26. The van der Waals surface area contributed by atoms with Crippen LogP contribution in [0.25, 0.3) is 0 Å². The highest BCUT2D eigenvalue weighted by atomic mass is 16.5. The van der Waals surface area contributed by atoms with E-state index in [4.69, 9.17) is 9.47 Å². The van der Waals surface area contributed by atoms with E-state index < -0.39 is 0 Å². The number of hydrogen-bond acceptors (Lipinski definition) is 4. The first-order valence-corrected chi connectivity index (χ1v) is 7.47. The largest absolute Gasteiger partial charge is 0.497 e. The van der Waals surface area contributed by atoms with Gasteiger partial charge in [-0.15, -0.1) is 0 Å². The van der Waals surface area contributed by atoms with Crippen LogP contribution in [0.4, 0.5) is 5.69 Å². The van der Waals surface area contributed by atoms with Crippen molar-refractivity contribution in [1.29, 1.82) is 0 Å². The van der Waals surface area contributed by atoms with Crippen molar-refractivity contribution in [2.75, 3.05) is 19.5 Å². The predicted molar refractivity (Wildman–Crippen MR) is 89.2 cm³/mol. The molecule has 0 unspecified atom stereocenters. The van der Waals surface area contributed by atoms with Gasteiger partial charge < -0.3 is 14.8 Å². The Morgan fingerprint density at radius 1 is 1.26 bits per heavy atom. The maximum atomic E-state index is 12.2. The Labute approximate surface area is 136 Å². The summed E-state index contributed by atoms with van der Waals surface area (Å²) in [5.41, 5.74) is 3.83. The van der Waals surface area contributed by atoms with E-state index in [1.807, 2.05) is 25.6 Å². The molecule has 0 radical (unpaired) electrons. The van der Waals surface area contributed by atoms with Crippen LogP contribution in [0.2, 0.25) is 0 Å². The number of nitrogens with zero attached hydrogens (tertiary/aromatic N) is 2. The minimum absolute atomic E-state index is 0.0591. The van der Waals surface area contributed by atoms with Crippen LogP contribution in [-0.4, -0.2) is 29.9 Å². The van der Waals surface area contributed by atoms with Gasteiger partial charge in [0, 0.05) is 25.2 Å². The van der Waals surface area contributed by atoms with Crippen molar-refractivity contribution in [3.05, 3.63) is 35.2 Å². The van der Waals surface area contributed by atoms with E-state index in [1.54, 1.807) is 32.4 Å². The van der Waals surface area contributed by atoms with Gasteiger partial charge in [-0.05, 0) is 38.0 Å². The molecule has 0 bridgehead atoms. The number of rotatable bonds is 6. The molecule has 0 saturated carbocycles. The summed E-state index contributed by atoms with van der Waals surface area (Å²) in [6.07, 6.45) is 1.05. The van der Waals surface area contributed by atoms with Gasteiger partial charge in [-0.2, -0.15) is 5.10 Å². The number of nitrogens with one attached hydrogen (secondary N) is 1. The second-order valence-corrected chi connectivity index (χ2v) is 5.39. The molecule has 0 spiro atoms. The second kappa shape index (κ2) is 7.17. The zero-order chi connectivity index (χ0) is 17.0. The van der Waals surface area contributed by atoms with Crippen molar-refractivity contribution in [3.63, 3.8) is 0 Å². The molecule has 1 amide bonds. The SMILES string of the molecule is COc1ccc(NC(=O)CCc2c(C)nn(C)c2C)c(OC)c1. The van der Waals surface area contributed by atoms with Gasteiger partial charge in [0.2, 0.25) is 5.91 Å². The topological polar surface area (TPSA) is 65.4 Å². The number of aryl methyl sites for hydroxylation is 2. The molecule has 1 heterocycles. The third kappa shape index (κ3) is 3.83. The highest BCUT2D eigenvalue weighted by Crippen LogP contribution is 2.29. The molecule has 0 aliphatic carbocycles. The first-order chi connectivity index (χ1) is 11.0. The normalized spacial score (nSPS) is 10.5. The van der Waals surface area contributed by atoms with Gasteiger partial charge in [0.05, 0.1) is 25.6 Å². The molecule has 6 heteroatoms. The Hall–Kier alpha value is -2.50. The van der Waals surface area contributed by atoms with Crippen LogP contribution in [0.1, 0.15) is 23.4 Å². The number of benzene rings is 1. The standard InChI is InChI=1S/C17H23N3O3/c1-11-14(12(2)20(3)19-11)7-9-17(21)18-15-8-6-13(22-4)10-16(15)23-5/h6,8,10H,7,9H2,1-5H3,(H,18,21). The molecule has 23 heavy (non-hydrogen) atoms. The number of hydrogen-bond donors (Lipinski definition) is 1. The Morgan fingerprint density at radius 3 is 2.57 bits per heavy atom. The van der Waals surface area contributed by atoms with Crippen molar-refractivity contribution in [1.82, 2.24) is 9.78 Å². The third-order valence-electron chi connectivity index (χ3n) is 3.94. The van der Waals surface area contributed by atoms with Crippen LogP contribution in [0.5, 0.6) is 11.5 Å². The summed E-state index contributed by atoms with van der Waals surface area (Å²) in [5, 5.41) is 7.25. The van der Waals surface area contributed by atoms with E-state index in [-0.39, 0.29) is 5.91 Å². The van der Waals surface area contributed by atoms with Crippen molar-refractivity contribution in [2.45, 2.75) is 26.7 Å². The zero-order valence-electron chi connectivity index (χ0n) is 14.3. The summed E-state index contributed by atoms with van der Waals surface area (Å²) >= 11 is 0. The first-order valence-electron chi connectivity index (χ1n) is 7.47. The molecule has 0 fully saturated rings. The average Bonchev–Trinajstić information content (AvgIpc) is 2.78. The van der Waals surface area contributed by atoms with E-state index >= 15 is 0 Å². The molecular formula is C17H23N3O3. The van der Waals surface area contributed by atoms with Gasteiger partial charge in [-0.1, -0.05) is 0 Å². The number of anilines is 1. The third-order valence-corrected chi connectivity index (χ3v) is 3.94. The minimum Gasteiger partial charge on any atom is -0.497 e. The lowest BCUT2D eigenvalue weighted by molar-refractivity contribution is -0.116. The van der Waals surface area contributed by atoms with Gasteiger partial charge in [0.15, 0.2) is 0 Å². The summed E-state index contributed by atoms with van der Waals surface area (Å²) in [6.45, 7) is 3.98. The molecule has 6 nitrogen and oxygen atoms in total. The fourth-order valence-corrected chi connectivity index (χ4v) is 2.53. The summed E-state index contributed by atoms with van der Waals surface area (Å²) in [5.74, 6) is 1.20. The molecule has 1 aromatic carbocycles. The Balaban J connectivity index is 2.02. The predicted octanol–water partition coefficient (Wildman–Crippen LogP) is 2.63. The quantitative estimate of drug-likeness (QED) is 0.889. The molecular weight excluding hydrogens is 294 g/mol. The number of aromatic nitrogens is 2. The van der Waals surface area contributed by atoms with Crippen molar-refractivity contribution in [3.8, 4) is 11.5 Å². The van der Waals surface area contributed by atoms with E-state index in [2.05, 4.69) is 10.4 Å². The van der Waals surface area contributed by atoms with Crippen LogP contribution < -0.4 is 14.8 Å². The van der Waals surface area contributed by atoms with E-state index in [0.717, 1.165) is 17.0 Å². The fourth-order valence-electron chi connectivity index (χ4n) is 2.53. The van der Waals surface area contributed by atoms with Crippen LogP contribution in [0, 0.1) is 13.8 Å². The summed E-state index contributed by atoms with van der Waals surface area (Å²) < 4.78 is 12.3. The van der Waals surface area contributed by atoms with Crippen LogP contribution >= 0.6 is 0 Å². The molecule has 0 aliphatic rings. The minimum atomic E-state index is -0.0591. The second-order valence-electron chi connectivity index (χ2n) is 5.39. The summed E-state index contributed by atoms with van der Waals surface area (Å²) in [4.78, 5) is 12.2. The highest BCUT2D eigenvalue weighted by molar-refractivity contribution is 5.92. The lowest BCUT2D eigenvalue weighted by Crippen LogP contribution is -2.13. The van der Waals surface area contributed by atoms with Crippen LogP contribution in [0.15, 0.2) is 18.2 Å². The summed E-state index contributed by atoms with van der Waals surface area (Å²) in [6, 6.07) is 5.30. The monoisotopic (exact) mass is 317 g/mol. The van der Waals surface area contributed by atoms with E-state index in [1.165, 1.54) is 0 Å². The van der Waals surface area contributed by atoms with Crippen LogP contribution in [-0.2, 0) is 18.3 Å². The molecule has 0 saturated heterocycles. The molecule has 2 rings (SSSR count). The lowest BCUT2D eigenvalue weighted by Gasteiger charge is -2.11. The van der Waals surface area contributed by atoms with Gasteiger partial charge in [-0.3, -0.25) is 9.48 Å². The fraction of sp³-hybridized carbons (Fsp3) is 0.412. The van der Waals surface area contributed by atoms with E-state index in [0.29, 0.717) is 30.0 Å². The highest BCUT2D eigenvalue weighted by Gasteiger charge is 2.13. The van der Waals surface area contributed by atoms with Gasteiger partial charge in [0.25, 0.3) is 0 Å². The molecule has 2 aromatic rings.